The van der Waals surface area contributed by atoms with Gasteiger partial charge in [0.05, 0.1) is 21.6 Å². The summed E-state index contributed by atoms with van der Waals surface area (Å²) in [6, 6.07) is 7.74. The van der Waals surface area contributed by atoms with Crippen LogP contribution in [-0.4, -0.2) is 44.6 Å². The van der Waals surface area contributed by atoms with Gasteiger partial charge < -0.3 is 15.7 Å². The molecule has 2 aromatic carbocycles. The number of hydrogen-bond acceptors (Lipinski definition) is 7. The summed E-state index contributed by atoms with van der Waals surface area (Å²) in [5, 5.41) is 13.9. The molecule has 45 heavy (non-hydrogen) atoms. The number of alkyl halides is 6. The fourth-order valence-electron chi connectivity index (χ4n) is 4.01. The molecule has 17 heteroatoms. The van der Waals surface area contributed by atoms with Crippen LogP contribution in [0.3, 0.4) is 0 Å². The van der Waals surface area contributed by atoms with Crippen LogP contribution in [0.5, 0.6) is 0 Å². The second kappa shape index (κ2) is 13.0. The molecule has 1 aliphatic heterocycles. The van der Waals surface area contributed by atoms with Crippen LogP contribution in [0.4, 0.5) is 37.0 Å². The number of thiocarbonyl (C=S) groups is 1. The van der Waals surface area contributed by atoms with Gasteiger partial charge in [0.25, 0.3) is 5.91 Å². The number of thioether (sulfide) groups is 1. The fourth-order valence-corrected chi connectivity index (χ4v) is 6.46. The summed E-state index contributed by atoms with van der Waals surface area (Å²) in [5.74, 6) is -2.84. The Balaban J connectivity index is 1.56. The second-order valence-corrected chi connectivity index (χ2v) is 12.1. The summed E-state index contributed by atoms with van der Waals surface area (Å²) in [6.45, 7) is 1.00. The molecule has 1 fully saturated rings. The zero-order valence-electron chi connectivity index (χ0n) is 22.6. The fraction of sp³-hybridized carbons (Fsp3) is 0.179. The minimum atomic E-state index is -5.08. The van der Waals surface area contributed by atoms with Gasteiger partial charge in [0, 0.05) is 36.0 Å². The van der Waals surface area contributed by atoms with Gasteiger partial charge in [-0.2, -0.15) is 26.3 Å². The van der Waals surface area contributed by atoms with Crippen LogP contribution in [0.25, 0.3) is 17.2 Å². The standard InChI is InChI=1S/C28H19F6N3O5S3/c1-13(38)35-23-20(15-8-16(27(29,30)31)10-17(9-15)28(32,33)34)11-19(44-23)12-21-24(40)37(26(43)45-21)7-6-22(39)36-18-4-2-14(3-5-18)25(41)42/h2-5,8-12H,6-7H2,1H3,(H,35,38)(H,36,39)(H,41,42)/b21-12-. The Morgan fingerprint density at radius 3 is 2.09 bits per heavy atom. The molecule has 1 saturated heterocycles. The average Bonchev–Trinajstić information content (AvgIpc) is 3.44. The molecule has 3 N–H and O–H groups in total. The monoisotopic (exact) mass is 687 g/mol. The van der Waals surface area contributed by atoms with Crippen molar-refractivity contribution in [1.82, 2.24) is 4.90 Å². The van der Waals surface area contributed by atoms with Crippen molar-refractivity contribution in [3.8, 4) is 11.1 Å². The van der Waals surface area contributed by atoms with Crippen molar-refractivity contribution in [1.29, 1.82) is 0 Å². The molecule has 0 atom stereocenters. The molecule has 0 unspecified atom stereocenters. The predicted molar refractivity (Wildman–Crippen MR) is 161 cm³/mol. The van der Waals surface area contributed by atoms with Crippen LogP contribution in [0, 0.1) is 0 Å². The summed E-state index contributed by atoms with van der Waals surface area (Å²) in [4.78, 5) is 49.7. The topological polar surface area (TPSA) is 116 Å². The molecular weight excluding hydrogens is 669 g/mol. The number of anilines is 2. The van der Waals surface area contributed by atoms with Gasteiger partial charge in [-0.15, -0.1) is 11.3 Å². The Morgan fingerprint density at radius 2 is 1.56 bits per heavy atom. The van der Waals surface area contributed by atoms with Gasteiger partial charge in [0.15, 0.2) is 0 Å². The Hall–Kier alpha value is -4.22. The third kappa shape index (κ3) is 8.29. The lowest BCUT2D eigenvalue weighted by molar-refractivity contribution is -0.143. The number of benzene rings is 2. The minimum Gasteiger partial charge on any atom is -0.478 e. The van der Waals surface area contributed by atoms with Gasteiger partial charge in [-0.3, -0.25) is 19.3 Å². The molecule has 3 aromatic rings. The molecule has 0 bridgehead atoms. The number of hydrogen-bond donors (Lipinski definition) is 3. The molecule has 0 radical (unpaired) electrons. The number of halogens is 6. The molecule has 1 aliphatic rings. The minimum absolute atomic E-state index is 0.00445. The van der Waals surface area contributed by atoms with E-state index in [1.54, 1.807) is 0 Å². The van der Waals surface area contributed by atoms with Gasteiger partial charge in [-0.1, -0.05) is 24.0 Å². The van der Waals surface area contributed by atoms with E-state index < -0.39 is 52.7 Å². The maximum Gasteiger partial charge on any atom is 0.416 e. The van der Waals surface area contributed by atoms with Gasteiger partial charge in [0.1, 0.15) is 9.32 Å². The third-order valence-electron chi connectivity index (χ3n) is 6.06. The lowest BCUT2D eigenvalue weighted by atomic mass is 10.00. The first kappa shape index (κ1) is 33.7. The van der Waals surface area contributed by atoms with E-state index in [1.165, 1.54) is 36.4 Å². The van der Waals surface area contributed by atoms with E-state index in [0.717, 1.165) is 34.9 Å². The van der Waals surface area contributed by atoms with Crippen LogP contribution in [0.1, 0.15) is 39.7 Å². The average molecular weight is 688 g/mol. The highest BCUT2D eigenvalue weighted by atomic mass is 32.2. The van der Waals surface area contributed by atoms with Crippen molar-refractivity contribution in [2.75, 3.05) is 17.2 Å². The van der Waals surface area contributed by atoms with Crippen LogP contribution in [0.15, 0.2) is 53.4 Å². The van der Waals surface area contributed by atoms with Crippen molar-refractivity contribution in [3.05, 3.63) is 75.0 Å². The van der Waals surface area contributed by atoms with Crippen LogP contribution < -0.4 is 10.6 Å². The van der Waals surface area contributed by atoms with E-state index in [-0.39, 0.29) is 49.3 Å². The third-order valence-corrected chi connectivity index (χ3v) is 8.44. The van der Waals surface area contributed by atoms with Gasteiger partial charge in [0.2, 0.25) is 11.8 Å². The number of carboxylic acid groups (broad SMARTS) is 1. The normalized spacial score (nSPS) is 14.6. The Labute approximate surface area is 264 Å². The van der Waals surface area contributed by atoms with Crippen molar-refractivity contribution in [2.24, 2.45) is 0 Å². The number of nitrogens with one attached hydrogen (secondary N) is 2. The lowest BCUT2D eigenvalue weighted by Gasteiger charge is -2.14. The molecule has 236 valence electrons. The molecule has 4 rings (SSSR count). The summed E-state index contributed by atoms with van der Waals surface area (Å²) in [6.07, 6.45) is -9.01. The lowest BCUT2D eigenvalue weighted by Crippen LogP contribution is -2.31. The number of amides is 3. The van der Waals surface area contributed by atoms with E-state index in [9.17, 15) is 45.5 Å². The molecule has 3 amide bonds. The molecule has 0 saturated carbocycles. The van der Waals surface area contributed by atoms with Gasteiger partial charge in [-0.25, -0.2) is 4.79 Å². The zero-order chi connectivity index (χ0) is 33.3. The van der Waals surface area contributed by atoms with Gasteiger partial charge in [-0.05, 0) is 60.2 Å². The summed E-state index contributed by atoms with van der Waals surface area (Å²) in [5.41, 5.74) is -3.27. The molecule has 8 nitrogen and oxygen atoms in total. The van der Waals surface area contributed by atoms with E-state index in [0.29, 0.717) is 17.8 Å². The first-order chi connectivity index (χ1) is 20.9. The Morgan fingerprint density at radius 1 is 0.956 bits per heavy atom. The number of aromatic carboxylic acids is 1. The largest absolute Gasteiger partial charge is 0.478 e. The molecular formula is C28H19F6N3O5S3. The van der Waals surface area contributed by atoms with Crippen molar-refractivity contribution >= 4 is 80.1 Å². The highest BCUT2D eigenvalue weighted by molar-refractivity contribution is 8.26. The number of carbonyl (C=O) groups excluding carboxylic acids is 3. The quantitative estimate of drug-likeness (QED) is 0.129. The maximum absolute atomic E-state index is 13.5. The number of nitrogens with zero attached hydrogens (tertiary/aromatic N) is 1. The smallest absolute Gasteiger partial charge is 0.416 e. The van der Waals surface area contributed by atoms with Crippen LogP contribution >= 0.6 is 35.3 Å². The molecule has 0 spiro atoms. The highest BCUT2D eigenvalue weighted by Crippen LogP contribution is 2.44. The van der Waals surface area contributed by atoms with Crippen molar-refractivity contribution in [3.63, 3.8) is 0 Å². The SMILES string of the molecule is CC(=O)Nc1sc(/C=C2\SC(=S)N(CCC(=O)Nc3ccc(C(=O)O)cc3)C2=O)cc1-c1cc(C(F)(F)F)cc(C(F)(F)F)c1. The van der Waals surface area contributed by atoms with E-state index >= 15 is 0 Å². The predicted octanol–water partition coefficient (Wildman–Crippen LogP) is 7.34. The number of rotatable bonds is 8. The first-order valence-electron chi connectivity index (χ1n) is 12.5. The summed E-state index contributed by atoms with van der Waals surface area (Å²) >= 11 is 6.97. The van der Waals surface area contributed by atoms with Crippen molar-refractivity contribution in [2.45, 2.75) is 25.7 Å². The van der Waals surface area contributed by atoms with Crippen LogP contribution in [-0.2, 0) is 26.7 Å². The highest BCUT2D eigenvalue weighted by Gasteiger charge is 2.37. The number of carboxylic acids is 1. The Bertz CT molecular complexity index is 1700. The number of carbonyl (C=O) groups is 4. The second-order valence-electron chi connectivity index (χ2n) is 9.38. The summed E-state index contributed by atoms with van der Waals surface area (Å²) in [7, 11) is 0. The molecule has 1 aromatic heterocycles. The molecule has 2 heterocycles. The molecule has 0 aliphatic carbocycles. The van der Waals surface area contributed by atoms with Crippen LogP contribution in [0.2, 0.25) is 0 Å². The van der Waals surface area contributed by atoms with E-state index in [1.807, 2.05) is 0 Å². The zero-order valence-corrected chi connectivity index (χ0v) is 25.1. The Kier molecular flexibility index (Phi) is 9.74. The van der Waals surface area contributed by atoms with Gasteiger partial charge >= 0.3 is 18.3 Å². The van der Waals surface area contributed by atoms with E-state index in [2.05, 4.69) is 10.6 Å². The van der Waals surface area contributed by atoms with Crippen molar-refractivity contribution < 1.29 is 50.6 Å². The maximum atomic E-state index is 13.5. The van der Waals surface area contributed by atoms with E-state index in [4.69, 9.17) is 17.3 Å². The summed E-state index contributed by atoms with van der Waals surface area (Å²) < 4.78 is 80.9. The first-order valence-corrected chi connectivity index (χ1v) is 14.6. The number of thiophene rings is 1.